The number of aryl methyl sites for hydroxylation is 1. The van der Waals surface area contributed by atoms with Gasteiger partial charge in [0.1, 0.15) is 17.5 Å². The molecule has 2 aromatic carbocycles. The molecule has 128 valence electrons. The molecule has 0 bridgehead atoms. The van der Waals surface area contributed by atoms with Crippen molar-refractivity contribution in [1.82, 2.24) is 9.97 Å². The van der Waals surface area contributed by atoms with E-state index >= 15 is 0 Å². The van der Waals surface area contributed by atoms with Crippen molar-refractivity contribution in [3.8, 4) is 0 Å². The van der Waals surface area contributed by atoms with Crippen LogP contribution in [0.3, 0.4) is 0 Å². The molecule has 0 unspecified atom stereocenters. The van der Waals surface area contributed by atoms with Gasteiger partial charge in [0, 0.05) is 24.8 Å². The molecule has 4 nitrogen and oxygen atoms in total. The summed E-state index contributed by atoms with van der Waals surface area (Å²) >= 11 is 0. The fourth-order valence-corrected chi connectivity index (χ4v) is 2.85. The summed E-state index contributed by atoms with van der Waals surface area (Å²) in [6.07, 6.45) is 0.968. The second-order valence-electron chi connectivity index (χ2n) is 5.90. The Bertz CT molecular complexity index is 788. The highest BCUT2D eigenvalue weighted by Crippen LogP contribution is 2.24. The molecular weight excluding hydrogens is 308 g/mol. The summed E-state index contributed by atoms with van der Waals surface area (Å²) in [7, 11) is 0. The Hall–Kier alpha value is -2.88. The zero-order chi connectivity index (χ0) is 17.5. The molecule has 0 aliphatic carbocycles. The third kappa shape index (κ3) is 4.57. The zero-order valence-electron chi connectivity index (χ0n) is 14.8. The molecule has 1 N–H and O–H groups in total. The maximum absolute atomic E-state index is 4.62. The van der Waals surface area contributed by atoms with Gasteiger partial charge in [-0.25, -0.2) is 9.97 Å². The Morgan fingerprint density at radius 1 is 0.920 bits per heavy atom. The minimum atomic E-state index is 0.772. The molecule has 0 spiro atoms. The lowest BCUT2D eigenvalue weighted by atomic mass is 10.1. The summed E-state index contributed by atoms with van der Waals surface area (Å²) in [5, 5.41) is 3.43. The molecular formula is C21H24N4. The van der Waals surface area contributed by atoms with Gasteiger partial charge in [0.15, 0.2) is 0 Å². The molecule has 0 aliphatic heterocycles. The van der Waals surface area contributed by atoms with Gasteiger partial charge in [-0.3, -0.25) is 0 Å². The summed E-state index contributed by atoms with van der Waals surface area (Å²) in [4.78, 5) is 11.3. The highest BCUT2D eigenvalue weighted by molar-refractivity contribution is 5.62. The first-order chi connectivity index (χ1) is 12.3. The van der Waals surface area contributed by atoms with Gasteiger partial charge >= 0.3 is 0 Å². The molecule has 0 amide bonds. The lowest BCUT2D eigenvalue weighted by Gasteiger charge is -2.23. The monoisotopic (exact) mass is 332 g/mol. The van der Waals surface area contributed by atoms with Crippen LogP contribution < -0.4 is 10.2 Å². The predicted molar refractivity (Wildman–Crippen MR) is 105 cm³/mol. The van der Waals surface area contributed by atoms with Crippen LogP contribution in [0, 0.1) is 6.92 Å². The third-order valence-electron chi connectivity index (χ3n) is 4.05. The van der Waals surface area contributed by atoms with Gasteiger partial charge in [0.25, 0.3) is 0 Å². The van der Waals surface area contributed by atoms with E-state index in [4.69, 9.17) is 0 Å². The molecule has 0 radical (unpaired) electrons. The molecule has 3 aromatic rings. The van der Waals surface area contributed by atoms with E-state index in [9.17, 15) is 0 Å². The first-order valence-corrected chi connectivity index (χ1v) is 8.72. The number of benzene rings is 2. The fraction of sp³-hybridized carbons (Fsp3) is 0.238. The summed E-state index contributed by atoms with van der Waals surface area (Å²) in [5.74, 6) is 2.56. The number of rotatable bonds is 7. The molecule has 0 aliphatic rings. The van der Waals surface area contributed by atoms with Gasteiger partial charge in [0.2, 0.25) is 0 Å². The first kappa shape index (κ1) is 17.0. The molecule has 1 heterocycles. The van der Waals surface area contributed by atoms with Crippen LogP contribution in [0.25, 0.3) is 0 Å². The average Bonchev–Trinajstić information content (AvgIpc) is 2.64. The van der Waals surface area contributed by atoms with Gasteiger partial charge < -0.3 is 10.2 Å². The maximum Gasteiger partial charge on any atom is 0.138 e. The van der Waals surface area contributed by atoms with E-state index in [1.54, 1.807) is 0 Å². The highest BCUT2D eigenvalue weighted by Gasteiger charge is 2.10. The van der Waals surface area contributed by atoms with Gasteiger partial charge in [-0.1, -0.05) is 48.5 Å². The van der Waals surface area contributed by atoms with Gasteiger partial charge in [-0.2, -0.15) is 0 Å². The van der Waals surface area contributed by atoms with Crippen LogP contribution >= 0.6 is 0 Å². The summed E-state index contributed by atoms with van der Waals surface area (Å²) in [6, 6.07) is 22.8. The Morgan fingerprint density at radius 2 is 1.60 bits per heavy atom. The van der Waals surface area contributed by atoms with E-state index in [1.165, 1.54) is 5.56 Å². The predicted octanol–water partition coefficient (Wildman–Crippen LogP) is 4.60. The number of nitrogens with one attached hydrogen (secondary N) is 1. The number of aromatic nitrogens is 2. The van der Waals surface area contributed by atoms with E-state index < -0.39 is 0 Å². The van der Waals surface area contributed by atoms with Crippen molar-refractivity contribution in [2.45, 2.75) is 20.3 Å². The zero-order valence-corrected chi connectivity index (χ0v) is 14.8. The second kappa shape index (κ2) is 8.29. The van der Waals surface area contributed by atoms with Gasteiger partial charge in [-0.15, -0.1) is 0 Å². The van der Waals surface area contributed by atoms with Crippen molar-refractivity contribution in [3.05, 3.63) is 78.1 Å². The van der Waals surface area contributed by atoms with Crippen LogP contribution in [0.4, 0.5) is 17.3 Å². The number of hydrogen-bond acceptors (Lipinski definition) is 4. The van der Waals surface area contributed by atoms with Crippen molar-refractivity contribution >= 4 is 17.3 Å². The number of hydrogen-bond donors (Lipinski definition) is 1. The van der Waals surface area contributed by atoms with Crippen LogP contribution in [0.5, 0.6) is 0 Å². The van der Waals surface area contributed by atoms with Gasteiger partial charge in [-0.05, 0) is 38.0 Å². The van der Waals surface area contributed by atoms with Crippen LogP contribution in [-0.2, 0) is 6.42 Å². The van der Waals surface area contributed by atoms with Crippen molar-refractivity contribution < 1.29 is 0 Å². The normalized spacial score (nSPS) is 10.5. The smallest absolute Gasteiger partial charge is 0.138 e. The Balaban J connectivity index is 1.73. The van der Waals surface area contributed by atoms with Crippen molar-refractivity contribution in [1.29, 1.82) is 0 Å². The molecule has 0 saturated heterocycles. The maximum atomic E-state index is 4.62. The molecule has 25 heavy (non-hydrogen) atoms. The van der Waals surface area contributed by atoms with Crippen LogP contribution in [-0.4, -0.2) is 23.1 Å². The largest absolute Gasteiger partial charge is 0.370 e. The lowest BCUT2D eigenvalue weighted by Crippen LogP contribution is -2.18. The van der Waals surface area contributed by atoms with E-state index in [0.717, 1.165) is 42.7 Å². The molecule has 3 rings (SSSR count). The molecule has 1 aromatic heterocycles. The molecule has 0 fully saturated rings. The minimum Gasteiger partial charge on any atom is -0.370 e. The summed E-state index contributed by atoms with van der Waals surface area (Å²) < 4.78 is 0. The van der Waals surface area contributed by atoms with Crippen molar-refractivity contribution in [2.24, 2.45) is 0 Å². The number of nitrogens with zero attached hydrogens (tertiary/aromatic N) is 3. The van der Waals surface area contributed by atoms with Crippen molar-refractivity contribution in [3.63, 3.8) is 0 Å². The third-order valence-corrected chi connectivity index (χ3v) is 4.05. The van der Waals surface area contributed by atoms with Gasteiger partial charge in [0.05, 0.1) is 0 Å². The fourth-order valence-electron chi connectivity index (χ4n) is 2.85. The quantitative estimate of drug-likeness (QED) is 0.686. The second-order valence-corrected chi connectivity index (χ2v) is 5.90. The Labute approximate surface area is 149 Å². The van der Waals surface area contributed by atoms with E-state index in [1.807, 2.05) is 37.3 Å². The number of para-hydroxylation sites is 1. The Kier molecular flexibility index (Phi) is 5.62. The van der Waals surface area contributed by atoms with Crippen molar-refractivity contribution in [2.75, 3.05) is 23.3 Å². The van der Waals surface area contributed by atoms with Crippen LogP contribution in [0.2, 0.25) is 0 Å². The summed E-state index contributed by atoms with van der Waals surface area (Å²) in [5.41, 5.74) is 2.46. The van der Waals surface area contributed by atoms with Crippen LogP contribution in [0.1, 0.15) is 18.3 Å². The molecule has 4 heteroatoms. The average molecular weight is 332 g/mol. The summed E-state index contributed by atoms with van der Waals surface area (Å²) in [6.45, 7) is 5.76. The molecule has 0 atom stereocenters. The molecule has 0 saturated carbocycles. The van der Waals surface area contributed by atoms with E-state index in [2.05, 4.69) is 63.5 Å². The Morgan fingerprint density at radius 3 is 2.28 bits per heavy atom. The van der Waals surface area contributed by atoms with Crippen LogP contribution in [0.15, 0.2) is 66.7 Å². The number of anilines is 3. The SMILES string of the molecule is CCN(c1ccccc1)c1cc(NCCc2ccccc2)nc(C)n1. The van der Waals surface area contributed by atoms with E-state index in [-0.39, 0.29) is 0 Å². The highest BCUT2D eigenvalue weighted by atomic mass is 15.2. The first-order valence-electron chi connectivity index (χ1n) is 8.72. The topological polar surface area (TPSA) is 41.0 Å². The van der Waals surface area contributed by atoms with E-state index in [0.29, 0.717) is 0 Å². The standard InChI is InChI=1S/C21H24N4/c1-3-25(19-12-8-5-9-13-19)21-16-20(23-17(2)24-21)22-15-14-18-10-6-4-7-11-18/h4-13,16H,3,14-15H2,1-2H3,(H,22,23,24). The lowest BCUT2D eigenvalue weighted by molar-refractivity contribution is 0.939. The minimum absolute atomic E-state index is 0.772.